The molecule has 17 heavy (non-hydrogen) atoms. The Morgan fingerprint density at radius 3 is 2.29 bits per heavy atom. The van der Waals surface area contributed by atoms with Crippen LogP contribution in [0, 0.1) is 0 Å². The third-order valence-electron chi connectivity index (χ3n) is 2.47. The molecule has 0 heterocycles. The zero-order chi connectivity index (χ0) is 12.8. The molecule has 0 radical (unpaired) electrons. The monoisotopic (exact) mass is 247 g/mol. The average molecular weight is 247 g/mol. The lowest BCUT2D eigenvalue weighted by molar-refractivity contribution is 0.0237. The van der Waals surface area contributed by atoms with E-state index in [1.165, 1.54) is 12.8 Å². The second-order valence-corrected chi connectivity index (χ2v) is 4.21. The maximum absolute atomic E-state index is 5.48. The summed E-state index contributed by atoms with van der Waals surface area (Å²) in [6, 6.07) is 0.594. The van der Waals surface area contributed by atoms with Gasteiger partial charge in [-0.3, -0.25) is 0 Å². The molecule has 4 nitrogen and oxygen atoms in total. The Morgan fingerprint density at radius 2 is 1.65 bits per heavy atom. The molecule has 0 bridgehead atoms. The number of ether oxygens (including phenoxy) is 3. The van der Waals surface area contributed by atoms with Crippen molar-refractivity contribution in [2.24, 2.45) is 0 Å². The van der Waals surface area contributed by atoms with Gasteiger partial charge in [-0.05, 0) is 32.7 Å². The van der Waals surface area contributed by atoms with Gasteiger partial charge in [-0.15, -0.1) is 0 Å². The maximum atomic E-state index is 5.48. The Hall–Kier alpha value is -0.160. The fraction of sp³-hybridized carbons (Fsp3) is 1.00. The number of hydrogen-bond acceptors (Lipinski definition) is 4. The van der Waals surface area contributed by atoms with Gasteiger partial charge < -0.3 is 19.5 Å². The second kappa shape index (κ2) is 13.9. The Labute approximate surface area is 106 Å². The molecule has 0 aliphatic heterocycles. The normalized spacial score (nSPS) is 12.9. The number of nitrogens with one attached hydrogen (secondary N) is 1. The van der Waals surface area contributed by atoms with Gasteiger partial charge in [0.2, 0.25) is 0 Å². The molecule has 0 aliphatic carbocycles. The fourth-order valence-corrected chi connectivity index (χ4v) is 1.45. The van der Waals surface area contributed by atoms with E-state index in [1.54, 1.807) is 7.11 Å². The van der Waals surface area contributed by atoms with E-state index in [1.807, 2.05) is 0 Å². The lowest BCUT2D eigenvalue weighted by atomic mass is 10.2. The van der Waals surface area contributed by atoms with Crippen LogP contribution in [0.15, 0.2) is 0 Å². The first kappa shape index (κ1) is 16.8. The minimum Gasteiger partial charge on any atom is -0.382 e. The van der Waals surface area contributed by atoms with Gasteiger partial charge in [-0.2, -0.15) is 0 Å². The van der Waals surface area contributed by atoms with E-state index in [9.17, 15) is 0 Å². The summed E-state index contributed by atoms with van der Waals surface area (Å²) in [6.07, 6.45) is 3.47. The zero-order valence-electron chi connectivity index (χ0n) is 11.7. The minimum atomic E-state index is 0.594. The van der Waals surface area contributed by atoms with Gasteiger partial charge in [0, 0.05) is 19.8 Å². The van der Waals surface area contributed by atoms with Gasteiger partial charge in [0.15, 0.2) is 0 Å². The van der Waals surface area contributed by atoms with Gasteiger partial charge in [0.1, 0.15) is 0 Å². The van der Waals surface area contributed by atoms with Crippen molar-refractivity contribution in [1.29, 1.82) is 0 Å². The van der Waals surface area contributed by atoms with Crippen LogP contribution in [0.25, 0.3) is 0 Å². The highest BCUT2D eigenvalue weighted by molar-refractivity contribution is 4.59. The van der Waals surface area contributed by atoms with Crippen molar-refractivity contribution in [2.75, 3.05) is 46.7 Å². The summed E-state index contributed by atoms with van der Waals surface area (Å²) in [5.41, 5.74) is 0. The average Bonchev–Trinajstić information content (AvgIpc) is 2.34. The van der Waals surface area contributed by atoms with Crippen molar-refractivity contribution in [3.05, 3.63) is 0 Å². The molecule has 1 unspecified atom stereocenters. The van der Waals surface area contributed by atoms with Crippen LogP contribution in [0.3, 0.4) is 0 Å². The maximum Gasteiger partial charge on any atom is 0.0701 e. The first-order valence-electron chi connectivity index (χ1n) is 6.69. The summed E-state index contributed by atoms with van der Waals surface area (Å²) < 4.78 is 15.6. The van der Waals surface area contributed by atoms with E-state index in [0.717, 1.165) is 19.6 Å². The van der Waals surface area contributed by atoms with Crippen LogP contribution in [-0.2, 0) is 14.2 Å². The SMILES string of the molecule is CCCNC(C)CCCOCCOCCOC. The molecule has 0 amide bonds. The molecule has 0 aromatic heterocycles. The molecule has 0 fully saturated rings. The van der Waals surface area contributed by atoms with Crippen LogP contribution in [-0.4, -0.2) is 52.7 Å². The smallest absolute Gasteiger partial charge is 0.0701 e. The van der Waals surface area contributed by atoms with Crippen molar-refractivity contribution in [2.45, 2.75) is 39.2 Å². The van der Waals surface area contributed by atoms with Gasteiger partial charge in [-0.1, -0.05) is 6.92 Å². The van der Waals surface area contributed by atoms with Gasteiger partial charge >= 0.3 is 0 Å². The Bertz CT molecular complexity index is 145. The van der Waals surface area contributed by atoms with Gasteiger partial charge in [0.05, 0.1) is 26.4 Å². The second-order valence-electron chi connectivity index (χ2n) is 4.21. The largest absolute Gasteiger partial charge is 0.382 e. The van der Waals surface area contributed by atoms with Crippen LogP contribution in [0.2, 0.25) is 0 Å². The molecule has 0 spiro atoms. The highest BCUT2D eigenvalue weighted by Gasteiger charge is 1.99. The molecule has 1 N–H and O–H groups in total. The Kier molecular flexibility index (Phi) is 13.8. The number of methoxy groups -OCH3 is 1. The van der Waals surface area contributed by atoms with Crippen LogP contribution >= 0.6 is 0 Å². The summed E-state index contributed by atoms with van der Waals surface area (Å²) in [4.78, 5) is 0. The molecule has 104 valence electrons. The molecular weight excluding hydrogens is 218 g/mol. The first-order valence-corrected chi connectivity index (χ1v) is 6.69. The molecule has 0 aromatic rings. The third-order valence-corrected chi connectivity index (χ3v) is 2.47. The Balaban J connectivity index is 3.02. The zero-order valence-corrected chi connectivity index (χ0v) is 11.7. The third kappa shape index (κ3) is 13.8. The molecule has 0 aromatic carbocycles. The summed E-state index contributed by atoms with van der Waals surface area (Å²) >= 11 is 0. The van der Waals surface area contributed by atoms with Crippen molar-refractivity contribution < 1.29 is 14.2 Å². The van der Waals surface area contributed by atoms with Crippen LogP contribution in [0.5, 0.6) is 0 Å². The molecule has 0 aliphatic rings. The summed E-state index contributed by atoms with van der Waals surface area (Å²) in [6.45, 7) is 8.99. The van der Waals surface area contributed by atoms with Gasteiger partial charge in [0.25, 0.3) is 0 Å². The lowest BCUT2D eigenvalue weighted by Gasteiger charge is -2.12. The van der Waals surface area contributed by atoms with E-state index >= 15 is 0 Å². The highest BCUT2D eigenvalue weighted by Crippen LogP contribution is 1.97. The van der Waals surface area contributed by atoms with E-state index in [0.29, 0.717) is 32.5 Å². The van der Waals surface area contributed by atoms with Crippen LogP contribution < -0.4 is 5.32 Å². The Morgan fingerprint density at radius 1 is 1.00 bits per heavy atom. The minimum absolute atomic E-state index is 0.594. The van der Waals surface area contributed by atoms with E-state index in [-0.39, 0.29) is 0 Å². The van der Waals surface area contributed by atoms with Crippen molar-refractivity contribution in [3.8, 4) is 0 Å². The molecule has 0 saturated heterocycles. The molecular formula is C13H29NO3. The summed E-state index contributed by atoms with van der Waals surface area (Å²) in [5, 5.41) is 3.46. The van der Waals surface area contributed by atoms with E-state index in [4.69, 9.17) is 14.2 Å². The summed E-state index contributed by atoms with van der Waals surface area (Å²) in [7, 11) is 1.67. The van der Waals surface area contributed by atoms with Crippen LogP contribution in [0.4, 0.5) is 0 Å². The van der Waals surface area contributed by atoms with Crippen molar-refractivity contribution in [1.82, 2.24) is 5.32 Å². The molecule has 4 heteroatoms. The van der Waals surface area contributed by atoms with E-state index in [2.05, 4.69) is 19.2 Å². The van der Waals surface area contributed by atoms with Crippen LogP contribution in [0.1, 0.15) is 33.1 Å². The molecule has 1 atom stereocenters. The van der Waals surface area contributed by atoms with Crippen molar-refractivity contribution in [3.63, 3.8) is 0 Å². The van der Waals surface area contributed by atoms with Crippen molar-refractivity contribution >= 4 is 0 Å². The number of hydrogen-bond donors (Lipinski definition) is 1. The highest BCUT2D eigenvalue weighted by atomic mass is 16.5. The number of rotatable bonds is 13. The van der Waals surface area contributed by atoms with Gasteiger partial charge in [-0.25, -0.2) is 0 Å². The fourth-order valence-electron chi connectivity index (χ4n) is 1.45. The summed E-state index contributed by atoms with van der Waals surface area (Å²) in [5.74, 6) is 0. The predicted molar refractivity (Wildman–Crippen MR) is 70.5 cm³/mol. The quantitative estimate of drug-likeness (QED) is 0.504. The molecule has 0 rings (SSSR count). The standard InChI is InChI=1S/C13H29NO3/c1-4-7-14-13(2)6-5-8-16-11-12-17-10-9-15-3/h13-14H,4-12H2,1-3H3. The predicted octanol–water partition coefficient (Wildman–Crippen LogP) is 1.83. The topological polar surface area (TPSA) is 39.7 Å². The molecule has 0 saturated carbocycles. The lowest BCUT2D eigenvalue weighted by Crippen LogP contribution is -2.26. The first-order chi connectivity index (χ1) is 8.31. The van der Waals surface area contributed by atoms with E-state index < -0.39 is 0 Å².